The normalized spacial score (nSPS) is 22.2. The highest BCUT2D eigenvalue weighted by Gasteiger charge is 2.27. The third kappa shape index (κ3) is 3.59. The molecule has 0 aromatic heterocycles. The molecule has 2 rings (SSSR count). The highest BCUT2D eigenvalue weighted by molar-refractivity contribution is 5.94. The molecule has 0 aliphatic heterocycles. The van der Waals surface area contributed by atoms with E-state index in [9.17, 15) is 9.18 Å². The summed E-state index contributed by atoms with van der Waals surface area (Å²) in [6.45, 7) is 1.58. The van der Waals surface area contributed by atoms with Crippen molar-refractivity contribution in [1.82, 2.24) is 0 Å². The van der Waals surface area contributed by atoms with Crippen molar-refractivity contribution in [2.24, 2.45) is 11.7 Å². The Morgan fingerprint density at radius 3 is 2.81 bits per heavy atom. The van der Waals surface area contributed by atoms with Crippen LogP contribution in [0.25, 0.3) is 0 Å². The molecule has 1 fully saturated rings. The summed E-state index contributed by atoms with van der Waals surface area (Å²) in [6.07, 6.45) is 4.71. The fourth-order valence-corrected chi connectivity index (χ4v) is 2.76. The molecule has 2 unspecified atom stereocenters. The number of carbonyl (C=O) groups excluding carboxylic acids is 1. The van der Waals surface area contributed by atoms with Crippen LogP contribution in [0.2, 0.25) is 0 Å². The largest absolute Gasteiger partial charge is 0.327 e. The molecule has 0 radical (unpaired) electrons. The van der Waals surface area contributed by atoms with Gasteiger partial charge in [0, 0.05) is 17.3 Å². The Balaban J connectivity index is 2.19. The van der Waals surface area contributed by atoms with Crippen LogP contribution in [-0.4, -0.2) is 11.9 Å². The molecule has 2 atom stereocenters. The Hall–Kier alpha value is -1.93. The van der Waals surface area contributed by atoms with Gasteiger partial charge in [0.1, 0.15) is 5.82 Å². The van der Waals surface area contributed by atoms with Gasteiger partial charge in [0.15, 0.2) is 0 Å². The predicted molar refractivity (Wildman–Crippen MR) is 79.0 cm³/mol. The summed E-state index contributed by atoms with van der Waals surface area (Å²) in [5, 5.41) is 11.6. The quantitative estimate of drug-likeness (QED) is 0.822. The van der Waals surface area contributed by atoms with Crippen LogP contribution in [0, 0.1) is 30.0 Å². The smallest absolute Gasteiger partial charge is 0.229 e. The van der Waals surface area contributed by atoms with Gasteiger partial charge in [-0.25, -0.2) is 4.39 Å². The summed E-state index contributed by atoms with van der Waals surface area (Å²) >= 11 is 0. The first kappa shape index (κ1) is 15.5. The second-order valence-corrected chi connectivity index (χ2v) is 5.64. The number of benzene rings is 1. The zero-order chi connectivity index (χ0) is 15.4. The molecule has 1 amide bonds. The zero-order valence-electron chi connectivity index (χ0n) is 12.2. The highest BCUT2D eigenvalue weighted by Crippen LogP contribution is 2.26. The number of halogens is 1. The maximum absolute atomic E-state index is 13.7. The minimum absolute atomic E-state index is 0.156. The molecule has 112 valence electrons. The first-order valence-corrected chi connectivity index (χ1v) is 7.29. The van der Waals surface area contributed by atoms with Crippen LogP contribution in [0.1, 0.15) is 43.2 Å². The molecule has 1 aliphatic rings. The van der Waals surface area contributed by atoms with E-state index in [1.807, 2.05) is 6.07 Å². The van der Waals surface area contributed by atoms with Crippen LogP contribution < -0.4 is 11.1 Å². The standard InChI is InChI=1S/C16H20FN3O/c1-10-13(17)7-11(9-18)8-15(10)20-16(21)12-5-3-2-4-6-14(12)19/h7-8,12,14H,2-6,19H2,1H3,(H,20,21). The number of nitriles is 1. The van der Waals surface area contributed by atoms with Gasteiger partial charge in [0.05, 0.1) is 17.6 Å². The van der Waals surface area contributed by atoms with E-state index < -0.39 is 5.82 Å². The van der Waals surface area contributed by atoms with E-state index in [1.165, 1.54) is 12.1 Å². The molecule has 1 aromatic carbocycles. The fourth-order valence-electron chi connectivity index (χ4n) is 2.76. The molecule has 1 aliphatic carbocycles. The van der Waals surface area contributed by atoms with Gasteiger partial charge in [-0.3, -0.25) is 4.79 Å². The van der Waals surface area contributed by atoms with E-state index in [-0.39, 0.29) is 23.4 Å². The van der Waals surface area contributed by atoms with Crippen molar-refractivity contribution in [3.63, 3.8) is 0 Å². The van der Waals surface area contributed by atoms with Gasteiger partial charge in [-0.15, -0.1) is 0 Å². The maximum atomic E-state index is 13.7. The molecule has 1 aromatic rings. The Bertz CT molecular complexity index is 580. The number of nitrogens with zero attached hydrogens (tertiary/aromatic N) is 1. The van der Waals surface area contributed by atoms with Crippen LogP contribution >= 0.6 is 0 Å². The number of amides is 1. The molecule has 1 saturated carbocycles. The number of nitrogens with two attached hydrogens (primary N) is 1. The fraction of sp³-hybridized carbons (Fsp3) is 0.500. The lowest BCUT2D eigenvalue weighted by Gasteiger charge is -2.21. The minimum Gasteiger partial charge on any atom is -0.327 e. The molecular weight excluding hydrogens is 269 g/mol. The highest BCUT2D eigenvalue weighted by atomic mass is 19.1. The average Bonchev–Trinajstić information content (AvgIpc) is 2.68. The van der Waals surface area contributed by atoms with Crippen LogP contribution in [0.15, 0.2) is 12.1 Å². The number of anilines is 1. The summed E-state index contributed by atoms with van der Waals surface area (Å²) in [7, 11) is 0. The van der Waals surface area contributed by atoms with Crippen molar-refractivity contribution in [2.75, 3.05) is 5.32 Å². The Labute approximate surface area is 124 Å². The minimum atomic E-state index is -0.491. The third-order valence-corrected chi connectivity index (χ3v) is 4.14. The summed E-state index contributed by atoms with van der Waals surface area (Å²) in [5.41, 5.74) is 6.96. The van der Waals surface area contributed by atoms with Crippen molar-refractivity contribution in [3.05, 3.63) is 29.1 Å². The van der Waals surface area contributed by atoms with E-state index in [2.05, 4.69) is 5.32 Å². The van der Waals surface area contributed by atoms with Gasteiger partial charge >= 0.3 is 0 Å². The monoisotopic (exact) mass is 289 g/mol. The third-order valence-electron chi connectivity index (χ3n) is 4.14. The number of nitrogens with one attached hydrogen (secondary N) is 1. The first-order valence-electron chi connectivity index (χ1n) is 7.29. The molecule has 0 spiro atoms. The van der Waals surface area contributed by atoms with Gasteiger partial charge in [0.2, 0.25) is 5.91 Å². The average molecular weight is 289 g/mol. The number of hydrogen-bond donors (Lipinski definition) is 2. The molecule has 21 heavy (non-hydrogen) atoms. The topological polar surface area (TPSA) is 78.9 Å². The lowest BCUT2D eigenvalue weighted by Crippen LogP contribution is -2.38. The van der Waals surface area contributed by atoms with Crippen molar-refractivity contribution < 1.29 is 9.18 Å². The number of rotatable bonds is 2. The summed E-state index contributed by atoms with van der Waals surface area (Å²) in [4.78, 5) is 12.4. The molecule has 0 heterocycles. The van der Waals surface area contributed by atoms with E-state index in [4.69, 9.17) is 11.0 Å². The molecule has 3 N–H and O–H groups in total. The second kappa shape index (κ2) is 6.68. The van der Waals surface area contributed by atoms with Gasteiger partial charge in [-0.05, 0) is 31.9 Å². The zero-order valence-corrected chi connectivity index (χ0v) is 12.2. The molecule has 0 saturated heterocycles. The Morgan fingerprint density at radius 1 is 1.38 bits per heavy atom. The molecule has 4 nitrogen and oxygen atoms in total. The van der Waals surface area contributed by atoms with E-state index in [1.54, 1.807) is 6.92 Å². The number of carbonyl (C=O) groups is 1. The van der Waals surface area contributed by atoms with E-state index >= 15 is 0 Å². The predicted octanol–water partition coefficient (Wildman–Crippen LogP) is 2.85. The summed E-state index contributed by atoms with van der Waals surface area (Å²) < 4.78 is 13.7. The van der Waals surface area contributed by atoms with Crippen molar-refractivity contribution in [2.45, 2.75) is 45.1 Å². The van der Waals surface area contributed by atoms with Gasteiger partial charge in [0.25, 0.3) is 0 Å². The van der Waals surface area contributed by atoms with Crippen LogP contribution in [-0.2, 0) is 4.79 Å². The Morgan fingerprint density at radius 2 is 2.10 bits per heavy atom. The lowest BCUT2D eigenvalue weighted by atomic mass is 9.94. The molecule has 0 bridgehead atoms. The van der Waals surface area contributed by atoms with Crippen molar-refractivity contribution >= 4 is 11.6 Å². The van der Waals surface area contributed by atoms with Crippen LogP contribution in [0.5, 0.6) is 0 Å². The van der Waals surface area contributed by atoms with Gasteiger partial charge in [-0.1, -0.05) is 19.3 Å². The Kier molecular flexibility index (Phi) is 4.92. The van der Waals surface area contributed by atoms with E-state index in [0.717, 1.165) is 32.1 Å². The van der Waals surface area contributed by atoms with Crippen molar-refractivity contribution in [3.8, 4) is 6.07 Å². The van der Waals surface area contributed by atoms with Gasteiger partial charge < -0.3 is 11.1 Å². The lowest BCUT2D eigenvalue weighted by molar-refractivity contribution is -0.120. The van der Waals surface area contributed by atoms with Crippen molar-refractivity contribution in [1.29, 1.82) is 5.26 Å². The second-order valence-electron chi connectivity index (χ2n) is 5.64. The van der Waals surface area contributed by atoms with E-state index in [0.29, 0.717) is 11.3 Å². The van der Waals surface area contributed by atoms with Gasteiger partial charge in [-0.2, -0.15) is 5.26 Å². The number of hydrogen-bond acceptors (Lipinski definition) is 3. The summed E-state index contributed by atoms with van der Waals surface area (Å²) in [6, 6.07) is 4.40. The maximum Gasteiger partial charge on any atom is 0.229 e. The first-order chi connectivity index (χ1) is 10.0. The molecular formula is C16H20FN3O. The van der Waals surface area contributed by atoms with Crippen LogP contribution in [0.4, 0.5) is 10.1 Å². The summed E-state index contributed by atoms with van der Waals surface area (Å²) in [5.74, 6) is -0.919. The van der Waals surface area contributed by atoms with Crippen LogP contribution in [0.3, 0.4) is 0 Å². The SMILES string of the molecule is Cc1c(F)cc(C#N)cc1NC(=O)C1CCCCCC1N. The molecule has 5 heteroatoms.